The van der Waals surface area contributed by atoms with E-state index in [0.29, 0.717) is 30.9 Å². The van der Waals surface area contributed by atoms with Crippen molar-refractivity contribution < 1.29 is 50.4 Å². The maximum atomic E-state index is 13.5. The second kappa shape index (κ2) is 12.2. The molecule has 0 saturated carbocycles. The first-order valence-electron chi connectivity index (χ1n) is 14.3. The van der Waals surface area contributed by atoms with Gasteiger partial charge in [0.15, 0.2) is 0 Å². The van der Waals surface area contributed by atoms with Crippen LogP contribution in [0.25, 0.3) is 32.9 Å². The molecule has 6 rings (SSSR count). The number of nitro benzene ring substituents is 1. The fourth-order valence-electron chi connectivity index (χ4n) is 5.75. The second-order valence-corrected chi connectivity index (χ2v) is 10.8. The molecule has 0 radical (unpaired) electrons. The minimum absolute atomic E-state index is 0.0145. The Morgan fingerprint density at radius 2 is 1.56 bits per heavy atom. The number of esters is 1. The molecule has 5 aromatic rings. The normalized spacial score (nSPS) is 14.4. The number of halogens is 6. The third-order valence-corrected chi connectivity index (χ3v) is 7.85. The summed E-state index contributed by atoms with van der Waals surface area (Å²) in [7, 11) is 0. The Bertz CT molecular complexity index is 2050. The van der Waals surface area contributed by atoms with Crippen LogP contribution in [-0.2, 0) is 16.1 Å². The highest BCUT2D eigenvalue weighted by molar-refractivity contribution is 6.04. The third-order valence-electron chi connectivity index (χ3n) is 7.85. The van der Waals surface area contributed by atoms with E-state index in [4.69, 9.17) is 4.84 Å². The van der Waals surface area contributed by atoms with Crippen LogP contribution in [0.15, 0.2) is 72.9 Å². The van der Waals surface area contributed by atoms with E-state index in [1.807, 2.05) is 29.2 Å². The first kappa shape index (κ1) is 32.4. The van der Waals surface area contributed by atoms with Gasteiger partial charge in [0.2, 0.25) is 0 Å². The van der Waals surface area contributed by atoms with Crippen LogP contribution in [0.1, 0.15) is 5.69 Å². The Morgan fingerprint density at radius 3 is 2.25 bits per heavy atom. The van der Waals surface area contributed by atoms with Crippen LogP contribution in [0.3, 0.4) is 0 Å². The quantitative estimate of drug-likeness (QED) is 0.0733. The van der Waals surface area contributed by atoms with Gasteiger partial charge in [-0.3, -0.25) is 15.0 Å². The molecule has 1 aliphatic rings. The molecule has 1 aliphatic heterocycles. The van der Waals surface area contributed by atoms with Crippen molar-refractivity contribution in [2.75, 3.05) is 31.1 Å². The topological polar surface area (TPSA) is 123 Å². The number of aromatic nitrogens is 2. The lowest BCUT2D eigenvalue weighted by Gasteiger charge is -2.36. The van der Waals surface area contributed by atoms with Gasteiger partial charge in [0.1, 0.15) is 5.75 Å². The number of anilines is 1. The molecule has 3 aromatic carbocycles. The number of alkyl halides is 6. The Balaban J connectivity index is 1.47. The zero-order valence-electron chi connectivity index (χ0n) is 24.5. The summed E-state index contributed by atoms with van der Waals surface area (Å²) in [4.78, 5) is 46.9. The molecule has 0 unspecified atom stereocenters. The summed E-state index contributed by atoms with van der Waals surface area (Å²) >= 11 is 0. The van der Waals surface area contributed by atoms with Gasteiger partial charge in [-0.2, -0.15) is 31.1 Å². The predicted molar refractivity (Wildman–Crippen MR) is 159 cm³/mol. The summed E-state index contributed by atoms with van der Waals surface area (Å²) in [5, 5.41) is 12.3. The van der Waals surface area contributed by atoms with Gasteiger partial charge in [-0.05, 0) is 35.9 Å². The van der Waals surface area contributed by atoms with E-state index in [1.54, 1.807) is 6.20 Å². The van der Waals surface area contributed by atoms with Crippen molar-refractivity contribution >= 4 is 45.1 Å². The lowest BCUT2D eigenvalue weighted by atomic mass is 10.00. The Hall–Kier alpha value is -5.58. The van der Waals surface area contributed by atoms with Gasteiger partial charge in [-0.1, -0.05) is 24.3 Å². The molecule has 0 amide bonds. The molecular formula is C31H23F6N5O6. The number of benzene rings is 3. The molecule has 1 N–H and O–H groups in total. The van der Waals surface area contributed by atoms with E-state index in [2.05, 4.69) is 14.6 Å². The summed E-state index contributed by atoms with van der Waals surface area (Å²) in [5.74, 6) is -5.97. The van der Waals surface area contributed by atoms with Crippen molar-refractivity contribution in [1.82, 2.24) is 14.6 Å². The Morgan fingerprint density at radius 1 is 0.875 bits per heavy atom. The Labute approximate surface area is 265 Å². The van der Waals surface area contributed by atoms with Crippen LogP contribution in [0.5, 0.6) is 5.75 Å². The number of rotatable bonds is 7. The maximum Gasteiger partial charge on any atom is 0.493 e. The molecule has 0 atom stereocenters. The average Bonchev–Trinajstić information content (AvgIpc) is 3.64. The number of hydrogen-bond donors (Lipinski definition) is 1. The number of ether oxygens (including phenoxy) is 1. The van der Waals surface area contributed by atoms with Gasteiger partial charge in [0, 0.05) is 73.2 Å². The first-order valence-corrected chi connectivity index (χ1v) is 14.3. The molecule has 250 valence electrons. The first-order chi connectivity index (χ1) is 22.7. The van der Waals surface area contributed by atoms with Crippen molar-refractivity contribution in [3.8, 4) is 16.9 Å². The molecular weight excluding hydrogens is 652 g/mol. The second-order valence-electron chi connectivity index (χ2n) is 10.8. The lowest BCUT2D eigenvalue weighted by Crippen LogP contribution is -2.46. The minimum Gasteiger partial charge on any atom is -0.419 e. The molecule has 3 heterocycles. The number of hydrogen-bond acceptors (Lipinski definition) is 8. The molecule has 11 nitrogen and oxygen atoms in total. The number of carbonyl (C=O) groups excluding carboxylic acids is 2. The van der Waals surface area contributed by atoms with Crippen LogP contribution in [-0.4, -0.2) is 70.0 Å². The number of nitro groups is 1. The van der Waals surface area contributed by atoms with Crippen LogP contribution in [0.4, 0.5) is 37.7 Å². The highest BCUT2D eigenvalue weighted by Gasteiger charge is 2.44. The number of H-pyrrole nitrogens is 1. The summed E-state index contributed by atoms with van der Waals surface area (Å²) in [6.07, 6.45) is -9.10. The summed E-state index contributed by atoms with van der Waals surface area (Å²) in [6, 6.07) is 15.7. The number of aromatic amines is 1. The minimum atomic E-state index is -5.47. The number of carbonyl (C=O) groups is 2. The molecule has 17 heteroatoms. The van der Waals surface area contributed by atoms with Gasteiger partial charge in [0.25, 0.3) is 5.69 Å². The van der Waals surface area contributed by atoms with Crippen LogP contribution < -0.4 is 14.5 Å². The van der Waals surface area contributed by atoms with E-state index < -0.39 is 40.7 Å². The van der Waals surface area contributed by atoms with E-state index in [-0.39, 0.29) is 34.3 Å². The zero-order valence-corrected chi connectivity index (χ0v) is 24.5. The number of non-ortho nitro benzene ring substituents is 1. The molecule has 0 bridgehead atoms. The standard InChI is InChI=1S/C31H23F6N5O6/c32-30(33,34)28(43)47-25-9-3-8-23-27(25)26(18-4-1-5-19(16-18)42(45)46)24(41(23)48-29(44)31(35,36)37)17-39-12-14-40(15-13-39)22-7-2-6-21-20(22)10-11-38-21/h1-11,16,38H,12-15,17H2. The zero-order chi connectivity index (χ0) is 34.4. The monoisotopic (exact) mass is 675 g/mol. The van der Waals surface area contributed by atoms with Gasteiger partial charge in [0.05, 0.1) is 21.5 Å². The Kier molecular flexibility index (Phi) is 8.24. The fraction of sp³-hybridized carbons (Fsp3) is 0.226. The van der Waals surface area contributed by atoms with E-state index >= 15 is 0 Å². The molecule has 2 aromatic heterocycles. The van der Waals surface area contributed by atoms with Crippen molar-refractivity contribution in [1.29, 1.82) is 0 Å². The number of piperazine rings is 1. The van der Waals surface area contributed by atoms with E-state index in [9.17, 15) is 46.0 Å². The number of fused-ring (bicyclic) bond motifs is 2. The van der Waals surface area contributed by atoms with Crippen molar-refractivity contribution in [3.05, 3.63) is 88.7 Å². The third kappa shape index (κ3) is 6.23. The predicted octanol–water partition coefficient (Wildman–Crippen LogP) is 6.01. The van der Waals surface area contributed by atoms with E-state index in [0.717, 1.165) is 46.9 Å². The summed E-state index contributed by atoms with van der Waals surface area (Å²) in [5.41, 5.74) is 0.788. The summed E-state index contributed by atoms with van der Waals surface area (Å²) < 4.78 is 85.4. The van der Waals surface area contributed by atoms with Gasteiger partial charge in [-0.15, -0.1) is 0 Å². The van der Waals surface area contributed by atoms with Gasteiger partial charge >= 0.3 is 24.3 Å². The molecule has 0 spiro atoms. The highest BCUT2D eigenvalue weighted by atomic mass is 19.4. The summed E-state index contributed by atoms with van der Waals surface area (Å²) in [6.45, 7) is 1.41. The largest absolute Gasteiger partial charge is 0.493 e. The van der Waals surface area contributed by atoms with Crippen LogP contribution in [0, 0.1) is 10.1 Å². The number of nitrogens with one attached hydrogen (secondary N) is 1. The van der Waals surface area contributed by atoms with Crippen LogP contribution in [0.2, 0.25) is 0 Å². The lowest BCUT2D eigenvalue weighted by molar-refractivity contribution is -0.384. The van der Waals surface area contributed by atoms with E-state index in [1.165, 1.54) is 12.1 Å². The SMILES string of the molecule is O=C(Oc1cccc2c1c(-c1cccc([N+](=O)[O-])c1)c(CN1CCN(c3cccc4[nH]ccc34)CC1)n2OC(=O)C(F)(F)F)C(F)(F)F. The van der Waals surface area contributed by atoms with Crippen molar-refractivity contribution in [2.24, 2.45) is 0 Å². The maximum absolute atomic E-state index is 13.5. The van der Waals surface area contributed by atoms with Gasteiger partial charge < -0.3 is 19.5 Å². The smallest absolute Gasteiger partial charge is 0.419 e. The van der Waals surface area contributed by atoms with Crippen molar-refractivity contribution in [3.63, 3.8) is 0 Å². The fourth-order valence-corrected chi connectivity index (χ4v) is 5.75. The molecule has 1 fully saturated rings. The highest BCUT2D eigenvalue weighted by Crippen LogP contribution is 2.42. The van der Waals surface area contributed by atoms with Crippen molar-refractivity contribution in [2.45, 2.75) is 18.9 Å². The average molecular weight is 676 g/mol. The number of nitrogens with zero attached hydrogens (tertiary/aromatic N) is 4. The van der Waals surface area contributed by atoms with Crippen LogP contribution >= 0.6 is 0 Å². The molecule has 48 heavy (non-hydrogen) atoms. The van der Waals surface area contributed by atoms with Gasteiger partial charge in [-0.25, -0.2) is 9.59 Å². The molecule has 0 aliphatic carbocycles. The molecule has 1 saturated heterocycles.